The molecule has 2 aromatic heterocycles. The molecule has 12 heteroatoms. The number of hydrogen-bond acceptors (Lipinski definition) is 7. The predicted octanol–water partition coefficient (Wildman–Crippen LogP) is 3.83. The Hall–Kier alpha value is -3.69. The molecular weight excluding hydrogens is 460 g/mol. The van der Waals surface area contributed by atoms with Gasteiger partial charge in [-0.3, -0.25) is 9.99 Å². The monoisotopic (exact) mass is 478 g/mol. The van der Waals surface area contributed by atoms with Crippen molar-refractivity contribution >= 4 is 17.7 Å². The molecule has 0 saturated carbocycles. The van der Waals surface area contributed by atoms with E-state index < -0.39 is 41.3 Å². The van der Waals surface area contributed by atoms with Crippen LogP contribution in [0.25, 0.3) is 0 Å². The lowest BCUT2D eigenvalue weighted by Crippen LogP contribution is -2.40. The quantitative estimate of drug-likeness (QED) is 0.159. The van der Waals surface area contributed by atoms with Gasteiger partial charge >= 0.3 is 0 Å². The number of nitrogens with two attached hydrogens (primary N) is 2. The molecule has 3 aromatic rings. The minimum atomic E-state index is -3.70. The first kappa shape index (κ1) is 24.0. The molecule has 3 rings (SSSR count). The Labute approximate surface area is 190 Å². The highest BCUT2D eigenvalue weighted by molar-refractivity contribution is 7.12. The minimum Gasteiger partial charge on any atom is -0.486 e. The van der Waals surface area contributed by atoms with Gasteiger partial charge in [0, 0.05) is 17.5 Å². The maximum Gasteiger partial charge on any atom is 0.298 e. The number of thiophene rings is 1. The number of aromatic nitrogens is 1. The van der Waals surface area contributed by atoms with Crippen LogP contribution in [0.4, 0.5) is 17.6 Å². The van der Waals surface area contributed by atoms with E-state index in [0.29, 0.717) is 10.9 Å². The zero-order chi connectivity index (χ0) is 24.0. The fourth-order valence-corrected chi connectivity index (χ4v) is 3.77. The van der Waals surface area contributed by atoms with E-state index in [0.717, 1.165) is 40.6 Å². The van der Waals surface area contributed by atoms with E-state index in [1.165, 1.54) is 17.4 Å². The van der Waals surface area contributed by atoms with E-state index in [1.807, 2.05) is 6.07 Å². The van der Waals surface area contributed by atoms with Crippen LogP contribution < -0.4 is 16.4 Å². The van der Waals surface area contributed by atoms with Crippen molar-refractivity contribution in [1.82, 2.24) is 9.99 Å². The number of nitrogens with zero attached hydrogens (tertiary/aromatic N) is 4. The van der Waals surface area contributed by atoms with Crippen LogP contribution in [-0.2, 0) is 12.5 Å². The van der Waals surface area contributed by atoms with Crippen molar-refractivity contribution in [2.24, 2.45) is 16.8 Å². The highest BCUT2D eigenvalue weighted by Gasteiger charge is 2.45. The normalized spacial score (nSPS) is 12.5. The molecule has 0 bridgehead atoms. The van der Waals surface area contributed by atoms with Gasteiger partial charge in [-0.05, 0) is 35.9 Å². The molecule has 0 aliphatic carbocycles. The van der Waals surface area contributed by atoms with Gasteiger partial charge in [-0.2, -0.15) is 19.1 Å². The summed E-state index contributed by atoms with van der Waals surface area (Å²) < 4.78 is 64.2. The number of pyridine rings is 1. The molecule has 2 heterocycles. The van der Waals surface area contributed by atoms with Crippen molar-refractivity contribution in [1.29, 1.82) is 5.26 Å². The summed E-state index contributed by atoms with van der Waals surface area (Å²) in [5.41, 5.74) is -1.11. The average Bonchev–Trinajstić information content (AvgIpc) is 3.25. The second kappa shape index (κ2) is 10.3. The van der Waals surface area contributed by atoms with Crippen molar-refractivity contribution in [2.45, 2.75) is 18.4 Å². The van der Waals surface area contributed by atoms with Crippen LogP contribution in [0.3, 0.4) is 0 Å². The first-order valence-corrected chi connectivity index (χ1v) is 10.2. The fourth-order valence-electron chi connectivity index (χ4n) is 3.05. The van der Waals surface area contributed by atoms with Gasteiger partial charge in [0.25, 0.3) is 5.92 Å². The summed E-state index contributed by atoms with van der Waals surface area (Å²) in [5, 5.41) is 12.8. The van der Waals surface area contributed by atoms with Crippen LogP contribution in [0.15, 0.2) is 53.8 Å². The highest BCUT2D eigenvalue weighted by Crippen LogP contribution is 2.42. The van der Waals surface area contributed by atoms with Crippen molar-refractivity contribution in [3.05, 3.63) is 81.3 Å². The lowest BCUT2D eigenvalue weighted by atomic mass is 9.89. The van der Waals surface area contributed by atoms with Gasteiger partial charge in [0.15, 0.2) is 0 Å². The summed E-state index contributed by atoms with van der Waals surface area (Å²) >= 11 is 1.25. The molecule has 4 N–H and O–H groups in total. The summed E-state index contributed by atoms with van der Waals surface area (Å²) in [6.45, 7) is -0.455. The van der Waals surface area contributed by atoms with Gasteiger partial charge < -0.3 is 10.6 Å². The van der Waals surface area contributed by atoms with E-state index >= 15 is 8.78 Å². The van der Waals surface area contributed by atoms with E-state index in [-0.39, 0.29) is 12.4 Å². The van der Waals surface area contributed by atoms with Gasteiger partial charge in [0.05, 0.1) is 12.1 Å². The van der Waals surface area contributed by atoms with Crippen LogP contribution in [0.1, 0.15) is 26.9 Å². The molecule has 0 spiro atoms. The molecule has 7 nitrogen and oxygen atoms in total. The molecule has 0 radical (unpaired) electrons. The third-order valence-electron chi connectivity index (χ3n) is 4.61. The molecular formula is C21H18F4N6OS. The maximum absolute atomic E-state index is 15.5. The van der Waals surface area contributed by atoms with Crippen LogP contribution in [0.5, 0.6) is 5.75 Å². The van der Waals surface area contributed by atoms with Gasteiger partial charge in [-0.15, -0.1) is 11.3 Å². The Morgan fingerprint density at radius 2 is 2.03 bits per heavy atom. The smallest absolute Gasteiger partial charge is 0.298 e. The first-order valence-electron chi connectivity index (χ1n) is 9.40. The summed E-state index contributed by atoms with van der Waals surface area (Å²) in [6, 6.07) is 10.1. The van der Waals surface area contributed by atoms with E-state index in [4.69, 9.17) is 21.7 Å². The van der Waals surface area contributed by atoms with E-state index in [1.54, 1.807) is 12.1 Å². The van der Waals surface area contributed by atoms with Crippen molar-refractivity contribution in [2.75, 3.05) is 6.54 Å². The highest BCUT2D eigenvalue weighted by atomic mass is 32.1. The zero-order valence-electron chi connectivity index (χ0n) is 17.0. The number of hydrazine groups is 1. The van der Waals surface area contributed by atoms with Crippen LogP contribution >= 0.6 is 11.3 Å². The summed E-state index contributed by atoms with van der Waals surface area (Å²) in [7, 11) is 0. The summed E-state index contributed by atoms with van der Waals surface area (Å²) in [6.07, 6.45) is 2.01. The first-order chi connectivity index (χ1) is 15.7. The van der Waals surface area contributed by atoms with Gasteiger partial charge in [-0.1, -0.05) is 6.07 Å². The SMILES string of the molecule is N#Cc1ccc(COc2ccc(C(F)(F)C(CN(N)/C=N\N)c3ccc(F)cc3F)nc2)s1. The van der Waals surface area contributed by atoms with Gasteiger partial charge in [0.1, 0.15) is 47.0 Å². The molecule has 0 fully saturated rings. The standard InChI is InChI=1S/C21H18F4N6OS/c22-13-1-5-17(19(23)7-13)18(10-31(28)12-30-27)21(24,25)20-6-2-14(9-29-20)32-11-16-4-3-15(8-26)33-16/h1-7,9,12,18H,10-11,27-28H2/b30-12-. The molecule has 33 heavy (non-hydrogen) atoms. The number of hydrogen-bond donors (Lipinski definition) is 2. The predicted molar refractivity (Wildman–Crippen MR) is 114 cm³/mol. The average molecular weight is 478 g/mol. The largest absolute Gasteiger partial charge is 0.486 e. The number of benzene rings is 1. The Balaban J connectivity index is 1.84. The second-order valence-corrected chi connectivity index (χ2v) is 8.02. The topological polar surface area (TPSA) is 114 Å². The molecule has 1 atom stereocenters. The molecule has 0 saturated heterocycles. The number of halogens is 4. The Kier molecular flexibility index (Phi) is 7.47. The number of ether oxygens (including phenoxy) is 1. The zero-order valence-corrected chi connectivity index (χ0v) is 17.8. The summed E-state index contributed by atoms with van der Waals surface area (Å²) in [4.78, 5) is 5.09. The third-order valence-corrected chi connectivity index (χ3v) is 5.58. The van der Waals surface area contributed by atoms with E-state index in [9.17, 15) is 8.78 Å². The van der Waals surface area contributed by atoms with Crippen molar-refractivity contribution in [3.63, 3.8) is 0 Å². The van der Waals surface area contributed by atoms with Crippen LogP contribution in [0.2, 0.25) is 0 Å². The van der Waals surface area contributed by atoms with E-state index in [2.05, 4.69) is 10.1 Å². The number of rotatable bonds is 9. The number of hydrazone groups is 1. The fraction of sp³-hybridized carbons (Fsp3) is 0.190. The maximum atomic E-state index is 15.5. The number of nitriles is 1. The lowest BCUT2D eigenvalue weighted by molar-refractivity contribution is -0.0443. The van der Waals surface area contributed by atoms with Gasteiger partial charge in [0.2, 0.25) is 0 Å². The Morgan fingerprint density at radius 3 is 2.64 bits per heavy atom. The molecule has 1 aromatic carbocycles. The lowest BCUT2D eigenvalue weighted by Gasteiger charge is -2.29. The van der Waals surface area contributed by atoms with Crippen LogP contribution in [-0.4, -0.2) is 22.9 Å². The third kappa shape index (κ3) is 5.76. The number of alkyl halides is 2. The molecule has 0 aliphatic rings. The molecule has 1 unspecified atom stereocenters. The molecule has 0 aliphatic heterocycles. The van der Waals surface area contributed by atoms with Crippen LogP contribution in [0, 0.1) is 23.0 Å². The van der Waals surface area contributed by atoms with Crippen molar-refractivity contribution in [3.8, 4) is 11.8 Å². The second-order valence-electron chi connectivity index (χ2n) is 6.85. The Bertz CT molecular complexity index is 1160. The molecule has 0 amide bonds. The van der Waals surface area contributed by atoms with Gasteiger partial charge in [-0.25, -0.2) is 14.6 Å². The Morgan fingerprint density at radius 1 is 1.24 bits per heavy atom. The molecule has 172 valence electrons. The summed E-state index contributed by atoms with van der Waals surface area (Å²) in [5.74, 6) is 3.26. The minimum absolute atomic E-state index is 0.133. The van der Waals surface area contributed by atoms with Crippen molar-refractivity contribution < 1.29 is 22.3 Å².